The summed E-state index contributed by atoms with van der Waals surface area (Å²) in [5.74, 6) is 1.69. The Hall–Kier alpha value is -1.25. The summed E-state index contributed by atoms with van der Waals surface area (Å²) < 4.78 is 27.5. The Morgan fingerprint density at radius 3 is 2.29 bits per heavy atom. The van der Waals surface area contributed by atoms with Crippen molar-refractivity contribution in [2.75, 3.05) is 46.8 Å². The first-order valence-electron chi connectivity index (χ1n) is 9.79. The predicted molar refractivity (Wildman–Crippen MR) is 122 cm³/mol. The molecule has 31 heavy (non-hydrogen) atoms. The molecule has 0 aliphatic heterocycles. The molecule has 6 nitrogen and oxygen atoms in total. The van der Waals surface area contributed by atoms with Crippen LogP contribution in [0.4, 0.5) is 0 Å². The van der Waals surface area contributed by atoms with E-state index in [1.807, 2.05) is 26.0 Å². The second kappa shape index (κ2) is 15.5. The molecule has 0 radical (unpaired) electrons. The average Bonchev–Trinajstić information content (AvgIpc) is 2.75. The number of benzene rings is 2. The first kappa shape index (κ1) is 27.8. The molecule has 0 fully saturated rings. The van der Waals surface area contributed by atoms with E-state index < -0.39 is 0 Å². The van der Waals surface area contributed by atoms with Crippen molar-refractivity contribution in [3.63, 3.8) is 0 Å². The van der Waals surface area contributed by atoms with Gasteiger partial charge in [-0.25, -0.2) is 0 Å². The standard InChI is InChI=1S/C22H28ClO6P.Li.H/c1-4-26-11-13-28-16-9-10-20(19(15-16)29-14-12-27-5-2)30-22(24)21-17(23)7-6-8-18(21)25-3;;/h6-10,15,30H,4-5,11-14H2,1-3H3;;/q;+1;-1. The van der Waals surface area contributed by atoms with Gasteiger partial charge >= 0.3 is 18.9 Å². The predicted octanol–water partition coefficient (Wildman–Crippen LogP) is 1.44. The summed E-state index contributed by atoms with van der Waals surface area (Å²) in [6.45, 7) is 6.89. The van der Waals surface area contributed by atoms with Crippen LogP contribution in [0.5, 0.6) is 17.2 Å². The van der Waals surface area contributed by atoms with Crippen molar-refractivity contribution in [3.8, 4) is 17.2 Å². The summed E-state index contributed by atoms with van der Waals surface area (Å²) in [6, 6.07) is 10.6. The molecule has 0 saturated carbocycles. The van der Waals surface area contributed by atoms with E-state index in [9.17, 15) is 4.79 Å². The Kier molecular flexibility index (Phi) is 13.9. The summed E-state index contributed by atoms with van der Waals surface area (Å²) in [7, 11) is 1.33. The van der Waals surface area contributed by atoms with Crippen molar-refractivity contribution in [1.29, 1.82) is 0 Å². The van der Waals surface area contributed by atoms with Gasteiger partial charge in [0.15, 0.2) is 5.52 Å². The molecule has 0 spiro atoms. The van der Waals surface area contributed by atoms with Gasteiger partial charge in [-0.3, -0.25) is 4.79 Å². The van der Waals surface area contributed by atoms with Gasteiger partial charge in [0.05, 0.1) is 30.9 Å². The Morgan fingerprint density at radius 1 is 0.968 bits per heavy atom. The van der Waals surface area contributed by atoms with Crippen LogP contribution >= 0.6 is 20.2 Å². The van der Waals surface area contributed by atoms with Crippen LogP contribution in [0.1, 0.15) is 25.6 Å². The van der Waals surface area contributed by atoms with Crippen LogP contribution in [0.2, 0.25) is 5.02 Å². The molecule has 2 aromatic carbocycles. The quantitative estimate of drug-likeness (QED) is 0.240. The fourth-order valence-corrected chi connectivity index (χ4v) is 4.01. The fraction of sp³-hybridized carbons (Fsp3) is 0.409. The van der Waals surface area contributed by atoms with Crippen molar-refractivity contribution in [2.45, 2.75) is 13.8 Å². The van der Waals surface area contributed by atoms with Crippen LogP contribution < -0.4 is 38.4 Å². The molecule has 166 valence electrons. The van der Waals surface area contributed by atoms with E-state index in [1.54, 1.807) is 24.3 Å². The number of ether oxygens (including phenoxy) is 5. The smallest absolute Gasteiger partial charge is 1.00 e. The van der Waals surface area contributed by atoms with Crippen molar-refractivity contribution >= 4 is 31.0 Å². The zero-order valence-electron chi connectivity index (χ0n) is 19.5. The zero-order chi connectivity index (χ0) is 21.8. The molecule has 0 aliphatic carbocycles. The molecule has 2 aromatic rings. The molecule has 0 amide bonds. The van der Waals surface area contributed by atoms with Crippen molar-refractivity contribution in [2.24, 2.45) is 0 Å². The van der Waals surface area contributed by atoms with Crippen molar-refractivity contribution in [3.05, 3.63) is 47.0 Å². The van der Waals surface area contributed by atoms with Crippen molar-refractivity contribution < 1.29 is 48.8 Å². The molecule has 0 heterocycles. The molecule has 2 rings (SSSR count). The molecule has 1 unspecified atom stereocenters. The van der Waals surface area contributed by atoms with Gasteiger partial charge in [-0.2, -0.15) is 0 Å². The SMILES string of the molecule is CCOCCOc1ccc(PC(=O)c2c(Cl)cccc2OC)c(OCCOCC)c1.[H-].[Li+]. The minimum absolute atomic E-state index is 0. The van der Waals surface area contributed by atoms with E-state index >= 15 is 0 Å². The number of hydrogen-bond donors (Lipinski definition) is 0. The van der Waals surface area contributed by atoms with E-state index in [0.29, 0.717) is 67.5 Å². The van der Waals surface area contributed by atoms with E-state index in [-0.39, 0.29) is 34.4 Å². The second-order valence-electron chi connectivity index (χ2n) is 6.02. The van der Waals surface area contributed by atoms with Gasteiger partial charge in [0, 0.05) is 24.6 Å². The first-order valence-corrected chi connectivity index (χ1v) is 11.2. The summed E-state index contributed by atoms with van der Waals surface area (Å²) in [5.41, 5.74) is 0.245. The number of halogens is 1. The summed E-state index contributed by atoms with van der Waals surface area (Å²) >= 11 is 6.26. The van der Waals surface area contributed by atoms with E-state index in [4.69, 9.17) is 35.3 Å². The summed E-state index contributed by atoms with van der Waals surface area (Å²) in [5, 5.41) is 1.12. The van der Waals surface area contributed by atoms with E-state index in [1.165, 1.54) is 7.11 Å². The van der Waals surface area contributed by atoms with Gasteiger partial charge in [-0.1, -0.05) is 17.7 Å². The number of hydrogen-bond acceptors (Lipinski definition) is 6. The second-order valence-corrected chi connectivity index (χ2v) is 7.67. The molecule has 0 aliphatic rings. The van der Waals surface area contributed by atoms with Gasteiger partial charge in [-0.05, 0) is 46.7 Å². The molecule has 0 bridgehead atoms. The Bertz CT molecular complexity index is 827. The van der Waals surface area contributed by atoms with E-state index in [2.05, 4.69) is 0 Å². The maximum atomic E-state index is 13.0. The van der Waals surface area contributed by atoms with Crippen LogP contribution in [-0.2, 0) is 9.47 Å². The van der Waals surface area contributed by atoms with Gasteiger partial charge in [-0.15, -0.1) is 0 Å². The van der Waals surface area contributed by atoms with Gasteiger partial charge < -0.3 is 25.1 Å². The van der Waals surface area contributed by atoms with Crippen molar-refractivity contribution in [1.82, 2.24) is 0 Å². The Balaban J connectivity index is 0.00000480. The van der Waals surface area contributed by atoms with Crippen LogP contribution in [-0.4, -0.2) is 52.3 Å². The molecular formula is C22H29ClLiO6P. The molecule has 0 aromatic heterocycles. The number of methoxy groups -OCH3 is 1. The minimum Gasteiger partial charge on any atom is -1.00 e. The molecule has 9 heteroatoms. The maximum Gasteiger partial charge on any atom is 1.00 e. The third kappa shape index (κ3) is 9.02. The Morgan fingerprint density at radius 2 is 1.65 bits per heavy atom. The molecule has 0 saturated heterocycles. The molecule has 0 N–H and O–H groups in total. The third-order valence-electron chi connectivity index (χ3n) is 4.01. The summed E-state index contributed by atoms with van der Waals surface area (Å²) in [6.07, 6.45) is 0. The number of carbonyl (C=O) groups is 1. The van der Waals surface area contributed by atoms with E-state index in [0.717, 1.165) is 5.30 Å². The average molecular weight is 463 g/mol. The largest absolute Gasteiger partial charge is 1.00 e. The fourth-order valence-electron chi connectivity index (χ4n) is 2.61. The van der Waals surface area contributed by atoms with Gasteiger partial charge in [0.2, 0.25) is 0 Å². The normalized spacial score (nSPS) is 10.7. The maximum absolute atomic E-state index is 13.0. The Labute approximate surface area is 204 Å². The van der Waals surface area contributed by atoms with Crippen LogP contribution in [0.15, 0.2) is 36.4 Å². The first-order chi connectivity index (χ1) is 14.6. The topological polar surface area (TPSA) is 63.2 Å². The summed E-state index contributed by atoms with van der Waals surface area (Å²) in [4.78, 5) is 13.0. The van der Waals surface area contributed by atoms with Crippen LogP contribution in [0.25, 0.3) is 0 Å². The third-order valence-corrected chi connectivity index (χ3v) is 5.49. The monoisotopic (exact) mass is 462 g/mol. The zero-order valence-corrected chi connectivity index (χ0v) is 20.3. The number of rotatable bonds is 14. The minimum atomic E-state index is -0.188. The molecule has 1 atom stereocenters. The van der Waals surface area contributed by atoms with Crippen LogP contribution in [0.3, 0.4) is 0 Å². The number of carbonyl (C=O) groups excluding carboxylic acids is 1. The molecular weight excluding hydrogens is 434 g/mol. The van der Waals surface area contributed by atoms with Gasteiger partial charge in [0.25, 0.3) is 0 Å². The van der Waals surface area contributed by atoms with Crippen LogP contribution in [0, 0.1) is 0 Å². The van der Waals surface area contributed by atoms with Gasteiger partial charge in [0.1, 0.15) is 30.5 Å².